The van der Waals surface area contributed by atoms with Crippen molar-refractivity contribution in [1.82, 2.24) is 0 Å². The molecule has 0 aromatic carbocycles. The molecule has 0 aliphatic heterocycles. The molecule has 0 amide bonds. The highest BCUT2D eigenvalue weighted by Crippen LogP contribution is 2.15. The zero-order chi connectivity index (χ0) is 8.20. The van der Waals surface area contributed by atoms with Crippen molar-refractivity contribution in [2.24, 2.45) is 0 Å². The summed E-state index contributed by atoms with van der Waals surface area (Å²) in [5.41, 5.74) is 0. The third kappa shape index (κ3) is 1.96. The molecule has 0 saturated carbocycles. The van der Waals surface area contributed by atoms with Crippen molar-refractivity contribution in [1.29, 1.82) is 0 Å². The molecule has 62 valence electrons. The molecule has 0 heterocycles. The van der Waals surface area contributed by atoms with Gasteiger partial charge in [0.05, 0.1) is 4.87 Å². The van der Waals surface area contributed by atoms with Crippen LogP contribution in [-0.2, 0) is 13.3 Å². The topological polar surface area (TPSA) is 27.7 Å². The summed E-state index contributed by atoms with van der Waals surface area (Å²) >= 11 is 4.21. The van der Waals surface area contributed by atoms with Crippen LogP contribution >= 0.6 is 12.6 Å². The Labute approximate surface area is 68.4 Å². The summed E-state index contributed by atoms with van der Waals surface area (Å²) in [5, 5.41) is 0. The van der Waals surface area contributed by atoms with Gasteiger partial charge in [0.25, 0.3) is 0 Å². The molecular weight excluding hydrogens is 168 g/mol. The largest absolute Gasteiger partial charge is 0.513 e. The molecule has 3 nitrogen and oxygen atoms in total. The van der Waals surface area contributed by atoms with Crippen LogP contribution in [0.3, 0.4) is 0 Å². The van der Waals surface area contributed by atoms with Gasteiger partial charge in [-0.1, -0.05) is 0 Å². The van der Waals surface area contributed by atoms with Crippen molar-refractivity contribution < 1.29 is 13.3 Å². The number of hydrogen-bond acceptors (Lipinski definition) is 4. The quantitative estimate of drug-likeness (QED) is 0.513. The fourth-order valence-corrected chi connectivity index (χ4v) is 3.23. The maximum Gasteiger partial charge on any atom is 0.513 e. The van der Waals surface area contributed by atoms with Gasteiger partial charge in [-0.05, 0) is 6.92 Å². The van der Waals surface area contributed by atoms with E-state index in [1.165, 1.54) is 0 Å². The summed E-state index contributed by atoms with van der Waals surface area (Å²) in [6.07, 6.45) is 0. The van der Waals surface area contributed by atoms with E-state index in [1.807, 2.05) is 6.92 Å². The van der Waals surface area contributed by atoms with E-state index in [4.69, 9.17) is 13.3 Å². The van der Waals surface area contributed by atoms with Crippen LogP contribution in [0.5, 0.6) is 0 Å². The number of rotatable bonds is 4. The Balaban J connectivity index is 4.15. The summed E-state index contributed by atoms with van der Waals surface area (Å²) in [4.78, 5) is 0.00694. The first-order valence-electron chi connectivity index (χ1n) is 2.96. The SMILES string of the molecule is CO[Si](OC)(OC)C(C)S. The third-order valence-corrected chi connectivity index (χ3v) is 5.04. The van der Waals surface area contributed by atoms with Crippen molar-refractivity contribution in [2.75, 3.05) is 21.3 Å². The van der Waals surface area contributed by atoms with Gasteiger partial charge in [0.15, 0.2) is 0 Å². The molecule has 0 spiro atoms. The molecule has 0 rings (SSSR count). The van der Waals surface area contributed by atoms with Crippen molar-refractivity contribution in [3.05, 3.63) is 0 Å². The lowest BCUT2D eigenvalue weighted by Crippen LogP contribution is -2.50. The van der Waals surface area contributed by atoms with Crippen molar-refractivity contribution >= 4 is 21.4 Å². The first-order valence-corrected chi connectivity index (χ1v) is 5.28. The average molecular weight is 182 g/mol. The van der Waals surface area contributed by atoms with E-state index >= 15 is 0 Å². The standard InChI is InChI=1S/C5H14O3SSi/c1-5(9)10(6-2,7-3)8-4/h5,9H,1-4H3. The van der Waals surface area contributed by atoms with Crippen LogP contribution < -0.4 is 0 Å². The zero-order valence-corrected chi connectivity index (χ0v) is 8.64. The van der Waals surface area contributed by atoms with E-state index in [9.17, 15) is 0 Å². The van der Waals surface area contributed by atoms with Gasteiger partial charge in [-0.3, -0.25) is 0 Å². The van der Waals surface area contributed by atoms with Crippen LogP contribution in [0, 0.1) is 0 Å². The van der Waals surface area contributed by atoms with Crippen molar-refractivity contribution in [2.45, 2.75) is 11.8 Å². The van der Waals surface area contributed by atoms with E-state index < -0.39 is 8.80 Å². The fraction of sp³-hybridized carbons (Fsp3) is 1.00. The van der Waals surface area contributed by atoms with Gasteiger partial charge in [0.1, 0.15) is 0 Å². The normalized spacial score (nSPS) is 15.3. The minimum atomic E-state index is -2.43. The summed E-state index contributed by atoms with van der Waals surface area (Å²) in [5.74, 6) is 0. The van der Waals surface area contributed by atoms with Crippen LogP contribution in [0.15, 0.2) is 0 Å². The zero-order valence-electron chi connectivity index (χ0n) is 6.75. The molecule has 0 saturated heterocycles. The van der Waals surface area contributed by atoms with Gasteiger partial charge in [-0.2, -0.15) is 12.6 Å². The molecular formula is C5H14O3SSi. The Bertz CT molecular complexity index is 86.6. The van der Waals surface area contributed by atoms with Gasteiger partial charge < -0.3 is 13.3 Å². The smallest absolute Gasteiger partial charge is 0.376 e. The molecule has 0 aliphatic carbocycles. The van der Waals surface area contributed by atoms with E-state index in [2.05, 4.69) is 12.6 Å². The second kappa shape index (κ2) is 4.35. The van der Waals surface area contributed by atoms with Crippen LogP contribution in [0.4, 0.5) is 0 Å². The van der Waals surface area contributed by atoms with Gasteiger partial charge in [-0.25, -0.2) is 0 Å². The molecule has 0 fully saturated rings. The third-order valence-electron chi connectivity index (χ3n) is 1.37. The van der Waals surface area contributed by atoms with E-state index in [1.54, 1.807) is 21.3 Å². The van der Waals surface area contributed by atoms with Gasteiger partial charge >= 0.3 is 8.80 Å². The van der Waals surface area contributed by atoms with Crippen molar-refractivity contribution in [3.8, 4) is 0 Å². The second-order valence-corrected chi connectivity index (χ2v) is 6.45. The Morgan fingerprint density at radius 2 is 1.40 bits per heavy atom. The highest BCUT2D eigenvalue weighted by molar-refractivity contribution is 7.82. The fourth-order valence-electron chi connectivity index (χ4n) is 0.762. The number of thiol groups is 1. The Morgan fingerprint density at radius 3 is 1.40 bits per heavy atom. The molecule has 0 N–H and O–H groups in total. The molecule has 5 heteroatoms. The van der Waals surface area contributed by atoms with Crippen LogP contribution in [-0.4, -0.2) is 35.0 Å². The summed E-state index contributed by atoms with van der Waals surface area (Å²) < 4.78 is 15.3. The first kappa shape index (κ1) is 10.4. The summed E-state index contributed by atoms with van der Waals surface area (Å²) in [6.45, 7) is 1.89. The van der Waals surface area contributed by atoms with Crippen LogP contribution in [0.2, 0.25) is 0 Å². The lowest BCUT2D eigenvalue weighted by molar-refractivity contribution is 0.123. The minimum absolute atomic E-state index is 0.00694. The summed E-state index contributed by atoms with van der Waals surface area (Å²) in [7, 11) is 2.30. The number of hydrogen-bond donors (Lipinski definition) is 1. The average Bonchev–Trinajstić information content (AvgIpc) is 1.92. The molecule has 1 atom stereocenters. The molecule has 0 aliphatic rings. The molecule has 10 heavy (non-hydrogen) atoms. The molecule has 0 bridgehead atoms. The Hall–Kier alpha value is 0.447. The van der Waals surface area contributed by atoms with Crippen LogP contribution in [0.1, 0.15) is 6.92 Å². The van der Waals surface area contributed by atoms with Gasteiger partial charge in [0.2, 0.25) is 0 Å². The first-order chi connectivity index (χ1) is 4.63. The van der Waals surface area contributed by atoms with Gasteiger partial charge in [-0.15, -0.1) is 0 Å². The predicted octanol–water partition coefficient (Wildman–Crippen LogP) is 0.722. The molecule has 1 unspecified atom stereocenters. The van der Waals surface area contributed by atoms with Gasteiger partial charge in [0, 0.05) is 21.3 Å². The molecule has 0 aromatic rings. The maximum atomic E-state index is 5.12. The van der Waals surface area contributed by atoms with E-state index in [-0.39, 0.29) is 4.87 Å². The van der Waals surface area contributed by atoms with E-state index in [0.29, 0.717) is 0 Å². The Morgan fingerprint density at radius 1 is 1.10 bits per heavy atom. The lowest BCUT2D eigenvalue weighted by Gasteiger charge is -2.26. The predicted molar refractivity (Wildman–Crippen MR) is 45.2 cm³/mol. The Kier molecular flexibility index (Phi) is 4.55. The second-order valence-electron chi connectivity index (χ2n) is 1.89. The highest BCUT2D eigenvalue weighted by Gasteiger charge is 2.42. The molecule has 0 radical (unpaired) electrons. The lowest BCUT2D eigenvalue weighted by atomic mass is 11.0. The minimum Gasteiger partial charge on any atom is -0.376 e. The monoisotopic (exact) mass is 182 g/mol. The highest BCUT2D eigenvalue weighted by atomic mass is 32.1. The maximum absolute atomic E-state index is 5.12. The van der Waals surface area contributed by atoms with Crippen LogP contribution in [0.25, 0.3) is 0 Å². The van der Waals surface area contributed by atoms with Crippen molar-refractivity contribution in [3.63, 3.8) is 0 Å². The molecule has 0 aromatic heterocycles. The summed E-state index contributed by atoms with van der Waals surface area (Å²) in [6, 6.07) is 0. The van der Waals surface area contributed by atoms with E-state index in [0.717, 1.165) is 0 Å².